The highest BCUT2D eigenvalue weighted by molar-refractivity contribution is 5.75. The number of aromatic nitrogens is 2. The van der Waals surface area contributed by atoms with Crippen molar-refractivity contribution < 1.29 is 14.2 Å². The third-order valence-electron chi connectivity index (χ3n) is 3.04. The molecule has 1 aliphatic rings. The van der Waals surface area contributed by atoms with Gasteiger partial charge in [-0.2, -0.15) is 4.98 Å². The number of nitrogens with zero attached hydrogens (tertiary/aromatic N) is 2. The van der Waals surface area contributed by atoms with Gasteiger partial charge in [0.2, 0.25) is 5.88 Å². The van der Waals surface area contributed by atoms with Gasteiger partial charge in [-0.3, -0.25) is 9.36 Å². The molecule has 0 N–H and O–H groups in total. The van der Waals surface area contributed by atoms with E-state index in [0.29, 0.717) is 31.3 Å². The predicted octanol–water partition coefficient (Wildman–Crippen LogP) is 0.778. The van der Waals surface area contributed by atoms with Crippen LogP contribution in [0.1, 0.15) is 0 Å². The van der Waals surface area contributed by atoms with Crippen LogP contribution in [0, 0.1) is 0 Å². The molecule has 2 aromatic rings. The molecule has 0 amide bonds. The summed E-state index contributed by atoms with van der Waals surface area (Å²) in [6, 6.07) is 6.90. The highest BCUT2D eigenvalue weighted by Gasteiger charge is 2.18. The third kappa shape index (κ3) is 2.32. The van der Waals surface area contributed by atoms with Gasteiger partial charge in [0.15, 0.2) is 6.29 Å². The second-order valence-corrected chi connectivity index (χ2v) is 4.22. The molecule has 3 heterocycles. The van der Waals surface area contributed by atoms with E-state index in [0.717, 1.165) is 5.39 Å². The quantitative estimate of drug-likeness (QED) is 0.818. The Morgan fingerprint density at radius 1 is 1.32 bits per heavy atom. The van der Waals surface area contributed by atoms with E-state index in [4.69, 9.17) is 14.2 Å². The average molecular weight is 262 g/mol. The Morgan fingerprint density at radius 2 is 2.05 bits per heavy atom. The van der Waals surface area contributed by atoms with E-state index in [1.165, 1.54) is 6.07 Å². The molecule has 1 fully saturated rings. The molecule has 3 rings (SSSR count). The molecular formula is C13H14N2O4. The molecule has 6 nitrogen and oxygen atoms in total. The fourth-order valence-electron chi connectivity index (χ4n) is 2.10. The minimum atomic E-state index is -0.392. The van der Waals surface area contributed by atoms with Crippen LogP contribution < -0.4 is 10.3 Å². The van der Waals surface area contributed by atoms with E-state index in [1.54, 1.807) is 23.8 Å². The molecule has 1 saturated heterocycles. The van der Waals surface area contributed by atoms with Crippen molar-refractivity contribution >= 4 is 11.0 Å². The van der Waals surface area contributed by atoms with E-state index in [2.05, 4.69) is 4.98 Å². The maximum atomic E-state index is 12.0. The Balaban J connectivity index is 2.08. The van der Waals surface area contributed by atoms with Gasteiger partial charge in [-0.1, -0.05) is 0 Å². The van der Waals surface area contributed by atoms with Gasteiger partial charge in [-0.15, -0.1) is 0 Å². The van der Waals surface area contributed by atoms with Gasteiger partial charge in [-0.05, 0) is 12.1 Å². The number of hydrogen-bond donors (Lipinski definition) is 0. The largest absolute Gasteiger partial charge is 0.481 e. The van der Waals surface area contributed by atoms with Crippen molar-refractivity contribution in [2.45, 2.75) is 12.8 Å². The maximum absolute atomic E-state index is 12.0. The summed E-state index contributed by atoms with van der Waals surface area (Å²) in [6.07, 6.45) is -0.392. The van der Waals surface area contributed by atoms with E-state index < -0.39 is 6.29 Å². The van der Waals surface area contributed by atoms with E-state index in [9.17, 15) is 4.79 Å². The van der Waals surface area contributed by atoms with Crippen LogP contribution in [0.5, 0.6) is 5.88 Å². The van der Waals surface area contributed by atoms with Gasteiger partial charge in [-0.25, -0.2) is 0 Å². The molecule has 100 valence electrons. The van der Waals surface area contributed by atoms with Crippen LogP contribution in [0.25, 0.3) is 11.0 Å². The van der Waals surface area contributed by atoms with E-state index in [1.807, 2.05) is 6.07 Å². The molecule has 0 aliphatic carbocycles. The van der Waals surface area contributed by atoms with Crippen molar-refractivity contribution in [2.75, 3.05) is 20.3 Å². The van der Waals surface area contributed by atoms with Crippen molar-refractivity contribution in [2.24, 2.45) is 0 Å². The molecule has 0 aromatic carbocycles. The Morgan fingerprint density at radius 3 is 2.79 bits per heavy atom. The highest BCUT2D eigenvalue weighted by atomic mass is 16.7. The molecule has 0 spiro atoms. The summed E-state index contributed by atoms with van der Waals surface area (Å²) in [5.41, 5.74) is 0.443. The second-order valence-electron chi connectivity index (χ2n) is 4.22. The van der Waals surface area contributed by atoms with Crippen molar-refractivity contribution in [3.63, 3.8) is 0 Å². The minimum absolute atomic E-state index is 0.132. The molecule has 0 bridgehead atoms. The lowest BCUT2D eigenvalue weighted by molar-refractivity contribution is -0.0523. The lowest BCUT2D eigenvalue weighted by atomic mass is 10.3. The Hall–Kier alpha value is -1.92. The maximum Gasteiger partial charge on any atom is 0.252 e. The smallest absolute Gasteiger partial charge is 0.252 e. The van der Waals surface area contributed by atoms with Gasteiger partial charge in [0, 0.05) is 17.5 Å². The number of fused-ring (bicyclic) bond motifs is 1. The zero-order chi connectivity index (χ0) is 13.2. The molecule has 0 saturated carbocycles. The summed E-state index contributed by atoms with van der Waals surface area (Å²) >= 11 is 0. The first-order valence-corrected chi connectivity index (χ1v) is 6.06. The summed E-state index contributed by atoms with van der Waals surface area (Å²) < 4.78 is 17.4. The molecule has 0 radical (unpaired) electrons. The summed E-state index contributed by atoms with van der Waals surface area (Å²) in [5.74, 6) is 0.472. The Bertz CT molecular complexity index is 647. The minimum Gasteiger partial charge on any atom is -0.481 e. The van der Waals surface area contributed by atoms with Crippen LogP contribution in [0.2, 0.25) is 0 Å². The van der Waals surface area contributed by atoms with Gasteiger partial charge < -0.3 is 14.2 Å². The van der Waals surface area contributed by atoms with Gasteiger partial charge in [0.05, 0.1) is 26.9 Å². The SMILES string of the molecule is COc1ccc2ccc(=O)n(CC3OCCO3)c2n1. The summed E-state index contributed by atoms with van der Waals surface area (Å²) in [7, 11) is 1.54. The molecule has 19 heavy (non-hydrogen) atoms. The van der Waals surface area contributed by atoms with E-state index >= 15 is 0 Å². The molecular weight excluding hydrogens is 248 g/mol. The average Bonchev–Trinajstić information content (AvgIpc) is 2.94. The standard InChI is InChI=1S/C13H14N2O4/c1-17-10-4-2-9-3-5-11(16)15(13(9)14-10)8-12-18-6-7-19-12/h2-5,12H,6-8H2,1H3. The zero-order valence-corrected chi connectivity index (χ0v) is 10.5. The fourth-order valence-corrected chi connectivity index (χ4v) is 2.10. The first-order chi connectivity index (χ1) is 9.28. The van der Waals surface area contributed by atoms with Crippen LogP contribution in [0.4, 0.5) is 0 Å². The molecule has 2 aromatic heterocycles. The summed E-state index contributed by atoms with van der Waals surface area (Å²) in [4.78, 5) is 16.3. The molecule has 0 unspecified atom stereocenters. The van der Waals surface area contributed by atoms with Gasteiger partial charge in [0.1, 0.15) is 5.65 Å². The van der Waals surface area contributed by atoms with Gasteiger partial charge >= 0.3 is 0 Å². The lowest BCUT2D eigenvalue weighted by Crippen LogP contribution is -2.27. The fraction of sp³-hybridized carbons (Fsp3) is 0.385. The normalized spacial score (nSPS) is 16.1. The number of ether oxygens (including phenoxy) is 3. The topological polar surface area (TPSA) is 62.6 Å². The first kappa shape index (κ1) is 12.1. The first-order valence-electron chi connectivity index (χ1n) is 6.06. The summed E-state index contributed by atoms with van der Waals surface area (Å²) in [6.45, 7) is 1.44. The van der Waals surface area contributed by atoms with E-state index in [-0.39, 0.29) is 5.56 Å². The zero-order valence-electron chi connectivity index (χ0n) is 10.5. The third-order valence-corrected chi connectivity index (χ3v) is 3.04. The van der Waals surface area contributed by atoms with Crippen LogP contribution >= 0.6 is 0 Å². The van der Waals surface area contributed by atoms with Crippen LogP contribution in [-0.4, -0.2) is 36.2 Å². The number of methoxy groups -OCH3 is 1. The number of rotatable bonds is 3. The number of pyridine rings is 2. The van der Waals surface area contributed by atoms with Crippen LogP contribution in [-0.2, 0) is 16.0 Å². The second kappa shape index (κ2) is 4.99. The monoisotopic (exact) mass is 262 g/mol. The lowest BCUT2D eigenvalue weighted by Gasteiger charge is -2.13. The van der Waals surface area contributed by atoms with Crippen molar-refractivity contribution in [1.29, 1.82) is 0 Å². The van der Waals surface area contributed by atoms with Crippen LogP contribution in [0.15, 0.2) is 29.1 Å². The predicted molar refractivity (Wildman–Crippen MR) is 68.2 cm³/mol. The molecule has 1 aliphatic heterocycles. The van der Waals surface area contributed by atoms with Crippen molar-refractivity contribution in [3.8, 4) is 5.88 Å². The Kier molecular flexibility index (Phi) is 3.18. The van der Waals surface area contributed by atoms with Crippen LogP contribution in [0.3, 0.4) is 0 Å². The molecule has 0 atom stereocenters. The molecule has 6 heteroatoms. The Labute approximate surface area is 109 Å². The van der Waals surface area contributed by atoms with Crippen molar-refractivity contribution in [1.82, 2.24) is 9.55 Å². The van der Waals surface area contributed by atoms with Gasteiger partial charge in [0.25, 0.3) is 5.56 Å². The highest BCUT2D eigenvalue weighted by Crippen LogP contribution is 2.16. The summed E-state index contributed by atoms with van der Waals surface area (Å²) in [5, 5.41) is 0.874. The van der Waals surface area contributed by atoms with Crippen molar-refractivity contribution in [3.05, 3.63) is 34.6 Å². The number of hydrogen-bond acceptors (Lipinski definition) is 5.